The fourth-order valence-electron chi connectivity index (χ4n) is 3.27. The summed E-state index contributed by atoms with van der Waals surface area (Å²) in [5.74, 6) is -0.344. The van der Waals surface area contributed by atoms with Gasteiger partial charge in [0.25, 0.3) is 0 Å². The molecule has 1 amide bonds. The molecule has 0 N–H and O–H groups in total. The molecule has 0 aliphatic carbocycles. The number of aryl methyl sites for hydroxylation is 1. The molecule has 6 heteroatoms. The Balaban J connectivity index is 1.91. The minimum Gasteiger partial charge on any atom is -0.464 e. The highest BCUT2D eigenvalue weighted by Crippen LogP contribution is 2.22. The summed E-state index contributed by atoms with van der Waals surface area (Å²) in [6.07, 6.45) is 6.41. The van der Waals surface area contributed by atoms with Crippen molar-refractivity contribution in [3.05, 3.63) is 24.0 Å². The van der Waals surface area contributed by atoms with Gasteiger partial charge >= 0.3 is 5.97 Å². The fourth-order valence-corrected chi connectivity index (χ4v) is 3.27. The molecule has 3 heterocycles. The van der Waals surface area contributed by atoms with Gasteiger partial charge in [-0.25, -0.2) is 4.79 Å². The predicted molar refractivity (Wildman–Crippen MR) is 87.3 cm³/mol. The second kappa shape index (κ2) is 6.48. The van der Waals surface area contributed by atoms with Crippen LogP contribution >= 0.6 is 0 Å². The van der Waals surface area contributed by atoms with Crippen LogP contribution in [-0.2, 0) is 23.1 Å². The van der Waals surface area contributed by atoms with E-state index in [1.165, 1.54) is 20.0 Å². The summed E-state index contributed by atoms with van der Waals surface area (Å²) in [5.41, 5.74) is 2.24. The summed E-state index contributed by atoms with van der Waals surface area (Å²) in [6, 6.07) is 3.72. The number of carbonyl (C=O) groups is 2. The number of fused-ring (bicyclic) bond motifs is 1. The lowest BCUT2D eigenvalue weighted by Gasteiger charge is -2.21. The van der Waals surface area contributed by atoms with E-state index >= 15 is 0 Å². The molecule has 0 atom stereocenters. The zero-order valence-electron chi connectivity index (χ0n) is 13.7. The van der Waals surface area contributed by atoms with Crippen LogP contribution in [0.1, 0.15) is 36.2 Å². The molecule has 6 nitrogen and oxygen atoms in total. The topological polar surface area (TPSA) is 56.5 Å². The first-order valence-electron chi connectivity index (χ1n) is 8.12. The number of nitrogens with zero attached hydrogens (tertiary/aromatic N) is 3. The van der Waals surface area contributed by atoms with Crippen LogP contribution in [0.25, 0.3) is 11.0 Å². The highest BCUT2D eigenvalue weighted by atomic mass is 16.5. The van der Waals surface area contributed by atoms with Crippen molar-refractivity contribution >= 4 is 22.9 Å². The van der Waals surface area contributed by atoms with Gasteiger partial charge in [0.1, 0.15) is 12.2 Å². The maximum atomic E-state index is 12.7. The van der Waals surface area contributed by atoms with E-state index in [1.807, 2.05) is 28.8 Å². The van der Waals surface area contributed by atoms with E-state index in [4.69, 9.17) is 4.74 Å². The first-order chi connectivity index (χ1) is 11.1. The maximum Gasteiger partial charge on any atom is 0.354 e. The molecule has 2 aromatic heterocycles. The molecule has 0 bridgehead atoms. The van der Waals surface area contributed by atoms with Crippen molar-refractivity contribution in [2.24, 2.45) is 7.05 Å². The van der Waals surface area contributed by atoms with Crippen LogP contribution in [0.3, 0.4) is 0 Å². The molecule has 2 aromatic rings. The van der Waals surface area contributed by atoms with Crippen molar-refractivity contribution in [2.45, 2.75) is 32.2 Å². The van der Waals surface area contributed by atoms with Crippen LogP contribution in [0.15, 0.2) is 18.3 Å². The van der Waals surface area contributed by atoms with Crippen LogP contribution in [0, 0.1) is 0 Å². The minimum atomic E-state index is -0.412. The summed E-state index contributed by atoms with van der Waals surface area (Å²) in [4.78, 5) is 26.6. The molecule has 0 unspecified atom stereocenters. The second-order valence-corrected chi connectivity index (χ2v) is 6.10. The number of carbonyl (C=O) groups excluding carboxylic acids is 2. The average Bonchev–Trinajstić information content (AvgIpc) is 2.94. The van der Waals surface area contributed by atoms with Gasteiger partial charge in [0.05, 0.1) is 18.1 Å². The third-order valence-electron chi connectivity index (χ3n) is 4.60. The van der Waals surface area contributed by atoms with Gasteiger partial charge in [-0.05, 0) is 25.0 Å². The zero-order chi connectivity index (χ0) is 16.4. The number of hydrogen-bond donors (Lipinski definition) is 0. The molecule has 0 radical (unpaired) electrons. The highest BCUT2D eigenvalue weighted by molar-refractivity contribution is 5.95. The van der Waals surface area contributed by atoms with Crippen LogP contribution in [-0.4, -0.2) is 46.1 Å². The number of aromatic nitrogens is 2. The molecule has 23 heavy (non-hydrogen) atoms. The molecule has 1 aliphatic rings. The Kier molecular flexibility index (Phi) is 4.41. The van der Waals surface area contributed by atoms with Gasteiger partial charge in [-0.15, -0.1) is 0 Å². The molecule has 1 aliphatic heterocycles. The Morgan fingerprint density at radius 2 is 1.83 bits per heavy atom. The van der Waals surface area contributed by atoms with Gasteiger partial charge in [-0.1, -0.05) is 12.8 Å². The largest absolute Gasteiger partial charge is 0.464 e. The number of methoxy groups -OCH3 is 1. The lowest BCUT2D eigenvalue weighted by atomic mass is 10.2. The number of amides is 1. The van der Waals surface area contributed by atoms with Gasteiger partial charge in [0.15, 0.2) is 0 Å². The Morgan fingerprint density at radius 1 is 1.13 bits per heavy atom. The second-order valence-electron chi connectivity index (χ2n) is 6.10. The summed E-state index contributed by atoms with van der Waals surface area (Å²) >= 11 is 0. The standard InChI is InChI=1S/C17H23N3O3/c1-18-10-7-13-14(18)11-15(17(22)23-2)20(13)12-16(21)19-8-5-3-4-6-9-19/h7,10-11H,3-6,8-9,12H2,1-2H3. The van der Waals surface area contributed by atoms with E-state index in [-0.39, 0.29) is 12.5 Å². The van der Waals surface area contributed by atoms with Crippen molar-refractivity contribution in [2.75, 3.05) is 20.2 Å². The minimum absolute atomic E-state index is 0.0680. The Labute approximate surface area is 135 Å². The van der Waals surface area contributed by atoms with E-state index in [2.05, 4.69) is 0 Å². The van der Waals surface area contributed by atoms with Crippen LogP contribution in [0.5, 0.6) is 0 Å². The monoisotopic (exact) mass is 317 g/mol. The molecular weight excluding hydrogens is 294 g/mol. The molecule has 3 rings (SSSR count). The highest BCUT2D eigenvalue weighted by Gasteiger charge is 2.22. The molecule has 1 saturated heterocycles. The number of hydrogen-bond acceptors (Lipinski definition) is 3. The number of ether oxygens (including phenoxy) is 1. The van der Waals surface area contributed by atoms with Crippen LogP contribution < -0.4 is 0 Å². The smallest absolute Gasteiger partial charge is 0.354 e. The molecule has 124 valence electrons. The van der Waals surface area contributed by atoms with Crippen molar-refractivity contribution in [1.82, 2.24) is 14.0 Å². The predicted octanol–water partition coefficient (Wildman–Crippen LogP) is 2.17. The number of likely N-dealkylation sites (tertiary alicyclic amines) is 1. The van der Waals surface area contributed by atoms with Crippen LogP contribution in [0.2, 0.25) is 0 Å². The summed E-state index contributed by atoms with van der Waals surface area (Å²) in [7, 11) is 3.28. The lowest BCUT2D eigenvalue weighted by molar-refractivity contribution is -0.131. The summed E-state index contributed by atoms with van der Waals surface area (Å²) < 4.78 is 8.58. The molecular formula is C17H23N3O3. The quantitative estimate of drug-likeness (QED) is 0.815. The van der Waals surface area contributed by atoms with Crippen molar-refractivity contribution in [3.8, 4) is 0 Å². The molecule has 0 saturated carbocycles. The Hall–Kier alpha value is -2.24. The maximum absolute atomic E-state index is 12.7. The van der Waals surface area contributed by atoms with Gasteiger partial charge in [-0.3, -0.25) is 4.79 Å². The first-order valence-corrected chi connectivity index (χ1v) is 8.12. The number of rotatable bonds is 3. The molecule has 1 fully saturated rings. The van der Waals surface area contributed by atoms with Gasteiger partial charge in [0.2, 0.25) is 5.91 Å². The third-order valence-corrected chi connectivity index (χ3v) is 4.60. The van der Waals surface area contributed by atoms with E-state index < -0.39 is 5.97 Å². The SMILES string of the molecule is COC(=O)c1cc2c(ccn2C)n1CC(=O)N1CCCCCC1. The van der Waals surface area contributed by atoms with Crippen LogP contribution in [0.4, 0.5) is 0 Å². The summed E-state index contributed by atoms with van der Waals surface area (Å²) in [5, 5.41) is 0. The van der Waals surface area contributed by atoms with Gasteiger partial charge in [-0.2, -0.15) is 0 Å². The number of esters is 1. The normalized spacial score (nSPS) is 15.7. The van der Waals surface area contributed by atoms with Gasteiger partial charge in [0, 0.05) is 26.3 Å². The Bertz CT molecular complexity index is 721. The Morgan fingerprint density at radius 3 is 2.48 bits per heavy atom. The van der Waals surface area contributed by atoms with Crippen molar-refractivity contribution in [1.29, 1.82) is 0 Å². The zero-order valence-corrected chi connectivity index (χ0v) is 13.7. The summed E-state index contributed by atoms with van der Waals surface area (Å²) in [6.45, 7) is 1.80. The lowest BCUT2D eigenvalue weighted by Crippen LogP contribution is -2.35. The van der Waals surface area contributed by atoms with E-state index in [9.17, 15) is 9.59 Å². The van der Waals surface area contributed by atoms with Crippen molar-refractivity contribution < 1.29 is 14.3 Å². The average molecular weight is 317 g/mol. The fraction of sp³-hybridized carbons (Fsp3) is 0.529. The van der Waals surface area contributed by atoms with E-state index in [0.717, 1.165) is 37.0 Å². The van der Waals surface area contributed by atoms with Gasteiger partial charge < -0.3 is 18.8 Å². The third kappa shape index (κ3) is 2.98. The van der Waals surface area contributed by atoms with E-state index in [1.54, 1.807) is 10.6 Å². The molecule has 0 spiro atoms. The van der Waals surface area contributed by atoms with Crippen molar-refractivity contribution in [3.63, 3.8) is 0 Å². The van der Waals surface area contributed by atoms with E-state index in [0.29, 0.717) is 5.69 Å². The molecule has 0 aromatic carbocycles. The first kappa shape index (κ1) is 15.6.